The number of amides is 1. The summed E-state index contributed by atoms with van der Waals surface area (Å²) in [6, 6.07) is 4.04. The molecule has 1 aromatic heterocycles. The predicted molar refractivity (Wildman–Crippen MR) is 95.8 cm³/mol. The van der Waals surface area contributed by atoms with Crippen LogP contribution in [0.1, 0.15) is 63.4 Å². The number of carbonyl (C=O) groups is 2. The molecular weight excluding hydrogens is 300 g/mol. The van der Waals surface area contributed by atoms with Gasteiger partial charge in [-0.15, -0.1) is 0 Å². The highest BCUT2D eigenvalue weighted by Gasteiger charge is 2.35. The Morgan fingerprint density at radius 2 is 1.75 bits per heavy atom. The Hall–Kier alpha value is -2.36. The number of aromatic amines is 1. The van der Waals surface area contributed by atoms with Crippen LogP contribution in [0.25, 0.3) is 0 Å². The lowest BCUT2D eigenvalue weighted by Crippen LogP contribution is -2.28. The Bertz CT molecular complexity index is 844. The van der Waals surface area contributed by atoms with E-state index < -0.39 is 0 Å². The Labute approximate surface area is 142 Å². The number of anilines is 1. The van der Waals surface area contributed by atoms with Crippen molar-refractivity contribution in [1.29, 1.82) is 0 Å². The molecule has 24 heavy (non-hydrogen) atoms. The van der Waals surface area contributed by atoms with Gasteiger partial charge in [-0.1, -0.05) is 19.9 Å². The summed E-state index contributed by atoms with van der Waals surface area (Å²) in [5.74, 6) is -0.184. The molecule has 1 aliphatic rings. The summed E-state index contributed by atoms with van der Waals surface area (Å²) < 4.78 is 0. The minimum absolute atomic E-state index is 0.0458. The summed E-state index contributed by atoms with van der Waals surface area (Å²) in [7, 11) is 0. The van der Waals surface area contributed by atoms with E-state index in [1.807, 2.05) is 19.9 Å². The maximum Gasteiger partial charge on any atom is 0.257 e. The standard InChI is InChI=1S/C20H24N2O2/c1-11-6-13(3)15(7-12(11)2)22-19(24)14-10-21-16-8-20(4,5)9-17(23)18(14)16/h6-7,10,21H,8-9H2,1-5H3,(H,22,24). The van der Waals surface area contributed by atoms with E-state index in [9.17, 15) is 9.59 Å². The molecule has 0 unspecified atom stereocenters. The first kappa shape index (κ1) is 16.5. The van der Waals surface area contributed by atoms with Crippen LogP contribution in [0, 0.1) is 26.2 Å². The first-order valence-corrected chi connectivity index (χ1v) is 8.30. The Morgan fingerprint density at radius 1 is 1.08 bits per heavy atom. The summed E-state index contributed by atoms with van der Waals surface area (Å²) in [5.41, 5.74) is 5.96. The number of fused-ring (bicyclic) bond motifs is 1. The zero-order valence-electron chi connectivity index (χ0n) is 15.0. The number of Topliss-reactive ketones (excluding diaryl/α,β-unsaturated/α-hetero) is 1. The molecule has 2 N–H and O–H groups in total. The second-order valence-corrected chi connectivity index (χ2v) is 7.70. The van der Waals surface area contributed by atoms with Gasteiger partial charge in [-0.3, -0.25) is 9.59 Å². The zero-order valence-corrected chi connectivity index (χ0v) is 15.0. The van der Waals surface area contributed by atoms with Crippen LogP contribution in [0.5, 0.6) is 0 Å². The van der Waals surface area contributed by atoms with E-state index in [0.29, 0.717) is 17.5 Å². The molecule has 3 rings (SSSR count). The average Bonchev–Trinajstić information content (AvgIpc) is 2.87. The summed E-state index contributed by atoms with van der Waals surface area (Å²) >= 11 is 0. The van der Waals surface area contributed by atoms with Gasteiger partial charge in [0.25, 0.3) is 5.91 Å². The van der Waals surface area contributed by atoms with E-state index in [0.717, 1.165) is 28.9 Å². The summed E-state index contributed by atoms with van der Waals surface area (Å²) in [4.78, 5) is 28.4. The number of nitrogens with one attached hydrogen (secondary N) is 2. The second-order valence-electron chi connectivity index (χ2n) is 7.70. The van der Waals surface area contributed by atoms with Crippen LogP contribution in [-0.2, 0) is 6.42 Å². The van der Waals surface area contributed by atoms with E-state index in [1.54, 1.807) is 6.20 Å². The highest BCUT2D eigenvalue weighted by atomic mass is 16.2. The van der Waals surface area contributed by atoms with Gasteiger partial charge in [0.05, 0.1) is 11.1 Å². The minimum atomic E-state index is -0.230. The minimum Gasteiger partial charge on any atom is -0.364 e. The van der Waals surface area contributed by atoms with E-state index in [4.69, 9.17) is 0 Å². The molecule has 0 bridgehead atoms. The largest absolute Gasteiger partial charge is 0.364 e. The Morgan fingerprint density at radius 3 is 2.46 bits per heavy atom. The van der Waals surface area contributed by atoms with Gasteiger partial charge in [-0.25, -0.2) is 0 Å². The Kier molecular flexibility index (Phi) is 3.86. The highest BCUT2D eigenvalue weighted by molar-refractivity contribution is 6.14. The van der Waals surface area contributed by atoms with Crippen LogP contribution in [0.2, 0.25) is 0 Å². The third kappa shape index (κ3) is 2.88. The molecule has 4 heteroatoms. The summed E-state index contributed by atoms with van der Waals surface area (Å²) in [5, 5.41) is 2.96. The van der Waals surface area contributed by atoms with Crippen molar-refractivity contribution in [3.8, 4) is 0 Å². The first-order chi connectivity index (χ1) is 11.2. The quantitative estimate of drug-likeness (QED) is 0.863. The van der Waals surface area contributed by atoms with Gasteiger partial charge in [0.1, 0.15) is 0 Å². The zero-order chi connectivity index (χ0) is 17.6. The molecule has 1 aliphatic carbocycles. The number of rotatable bonds is 2. The van der Waals surface area contributed by atoms with E-state index >= 15 is 0 Å². The number of ketones is 1. The lowest BCUT2D eigenvalue weighted by Gasteiger charge is -2.28. The number of aryl methyl sites for hydroxylation is 3. The SMILES string of the molecule is Cc1cc(C)c(NC(=O)c2c[nH]c3c2C(=O)CC(C)(C)C3)cc1C. The molecule has 0 aliphatic heterocycles. The van der Waals surface area contributed by atoms with Crippen molar-refractivity contribution >= 4 is 17.4 Å². The number of hydrogen-bond donors (Lipinski definition) is 2. The van der Waals surface area contributed by atoms with Gasteiger partial charge >= 0.3 is 0 Å². The first-order valence-electron chi connectivity index (χ1n) is 8.30. The molecule has 4 nitrogen and oxygen atoms in total. The molecule has 1 aromatic carbocycles. The third-order valence-corrected chi connectivity index (χ3v) is 4.87. The van der Waals surface area contributed by atoms with Crippen LogP contribution in [0.15, 0.2) is 18.3 Å². The van der Waals surface area contributed by atoms with Gasteiger partial charge < -0.3 is 10.3 Å². The highest BCUT2D eigenvalue weighted by Crippen LogP contribution is 2.36. The lowest BCUT2D eigenvalue weighted by molar-refractivity contribution is 0.0902. The van der Waals surface area contributed by atoms with Crippen molar-refractivity contribution in [2.75, 3.05) is 5.32 Å². The third-order valence-electron chi connectivity index (χ3n) is 4.87. The topological polar surface area (TPSA) is 62.0 Å². The van der Waals surface area contributed by atoms with E-state index in [2.05, 4.69) is 37.1 Å². The number of benzene rings is 1. The fraction of sp³-hybridized carbons (Fsp3) is 0.400. The molecular formula is C20H24N2O2. The van der Waals surface area contributed by atoms with E-state index in [1.165, 1.54) is 5.56 Å². The molecule has 0 atom stereocenters. The molecule has 1 amide bonds. The Balaban J connectivity index is 1.92. The fourth-order valence-electron chi connectivity index (χ4n) is 3.45. The number of hydrogen-bond acceptors (Lipinski definition) is 2. The van der Waals surface area contributed by atoms with Gasteiger partial charge in [0, 0.05) is 24.0 Å². The number of carbonyl (C=O) groups excluding carboxylic acids is 2. The van der Waals surface area contributed by atoms with Crippen molar-refractivity contribution in [2.24, 2.45) is 5.41 Å². The fourth-order valence-corrected chi connectivity index (χ4v) is 3.45. The molecule has 0 saturated heterocycles. The van der Waals surface area contributed by atoms with Crippen molar-refractivity contribution in [2.45, 2.75) is 47.5 Å². The van der Waals surface area contributed by atoms with Gasteiger partial charge in [0.15, 0.2) is 5.78 Å². The van der Waals surface area contributed by atoms with Crippen molar-refractivity contribution < 1.29 is 9.59 Å². The van der Waals surface area contributed by atoms with Crippen molar-refractivity contribution in [3.63, 3.8) is 0 Å². The molecule has 0 spiro atoms. The smallest absolute Gasteiger partial charge is 0.257 e. The second kappa shape index (κ2) is 5.62. The molecule has 0 fully saturated rings. The normalized spacial score (nSPS) is 16.0. The average molecular weight is 324 g/mol. The maximum absolute atomic E-state index is 12.7. The van der Waals surface area contributed by atoms with Crippen LogP contribution in [-0.4, -0.2) is 16.7 Å². The molecule has 2 aromatic rings. The summed E-state index contributed by atoms with van der Waals surface area (Å²) in [6.45, 7) is 10.2. The summed E-state index contributed by atoms with van der Waals surface area (Å²) in [6.07, 6.45) is 2.92. The van der Waals surface area contributed by atoms with Crippen molar-refractivity contribution in [3.05, 3.63) is 51.8 Å². The molecule has 0 radical (unpaired) electrons. The molecule has 0 saturated carbocycles. The van der Waals surface area contributed by atoms with Gasteiger partial charge in [0.2, 0.25) is 0 Å². The van der Waals surface area contributed by atoms with Gasteiger partial charge in [-0.2, -0.15) is 0 Å². The van der Waals surface area contributed by atoms with Gasteiger partial charge in [-0.05, 0) is 55.4 Å². The molecule has 126 valence electrons. The van der Waals surface area contributed by atoms with Crippen LogP contribution in [0.4, 0.5) is 5.69 Å². The van der Waals surface area contributed by atoms with Crippen LogP contribution in [0.3, 0.4) is 0 Å². The number of H-pyrrole nitrogens is 1. The van der Waals surface area contributed by atoms with E-state index in [-0.39, 0.29) is 17.1 Å². The van der Waals surface area contributed by atoms with Crippen molar-refractivity contribution in [1.82, 2.24) is 4.98 Å². The monoisotopic (exact) mass is 324 g/mol. The predicted octanol–water partition coefficient (Wildman–Crippen LogP) is 4.35. The lowest BCUT2D eigenvalue weighted by atomic mass is 9.75. The molecule has 1 heterocycles. The van der Waals surface area contributed by atoms with Crippen LogP contribution < -0.4 is 5.32 Å². The maximum atomic E-state index is 12.7. The van der Waals surface area contributed by atoms with Crippen LogP contribution >= 0.6 is 0 Å². The number of aromatic nitrogens is 1.